The highest BCUT2D eigenvalue weighted by Crippen LogP contribution is 2.43. The minimum Gasteiger partial charge on any atom is -0.369 e. The number of unbranched alkanes of at least 4 members (excludes halogenated alkanes) is 1. The van der Waals surface area contributed by atoms with E-state index < -0.39 is 0 Å². The Morgan fingerprint density at radius 3 is 2.70 bits per heavy atom. The van der Waals surface area contributed by atoms with E-state index in [1.165, 1.54) is 28.6 Å². The summed E-state index contributed by atoms with van der Waals surface area (Å²) in [5.41, 5.74) is 10.9. The second-order valence-corrected chi connectivity index (χ2v) is 9.18. The fourth-order valence-electron chi connectivity index (χ4n) is 3.94. The van der Waals surface area contributed by atoms with Crippen LogP contribution < -0.4 is 11.1 Å². The number of aryl methyl sites for hydroxylation is 1. The first-order valence-electron chi connectivity index (χ1n) is 9.77. The predicted molar refractivity (Wildman–Crippen MR) is 117 cm³/mol. The van der Waals surface area contributed by atoms with Crippen molar-refractivity contribution in [2.75, 3.05) is 24.7 Å². The molecular weight excluding hydrogens is 374 g/mol. The number of nitrogens with one attached hydrogen (secondary N) is 1. The van der Waals surface area contributed by atoms with Gasteiger partial charge in [0.25, 0.3) is 0 Å². The molecule has 0 saturated heterocycles. The van der Waals surface area contributed by atoms with Crippen molar-refractivity contribution in [1.29, 1.82) is 0 Å². The van der Waals surface area contributed by atoms with Crippen molar-refractivity contribution in [3.63, 3.8) is 0 Å². The van der Waals surface area contributed by atoms with Crippen LogP contribution in [0.3, 0.4) is 0 Å². The molecule has 0 fully saturated rings. The number of aromatic nitrogens is 3. The number of pyridine rings is 1. The van der Waals surface area contributed by atoms with E-state index in [1.807, 2.05) is 6.26 Å². The van der Waals surface area contributed by atoms with Gasteiger partial charge in [-0.15, -0.1) is 11.3 Å². The van der Waals surface area contributed by atoms with Gasteiger partial charge in [-0.2, -0.15) is 0 Å². The number of thioether (sulfide) groups is 1. The summed E-state index contributed by atoms with van der Waals surface area (Å²) >= 11 is 3.33. The molecule has 3 N–H and O–H groups in total. The van der Waals surface area contributed by atoms with Gasteiger partial charge in [0.05, 0.1) is 10.2 Å². The van der Waals surface area contributed by atoms with Gasteiger partial charge in [0, 0.05) is 17.6 Å². The average Bonchev–Trinajstić information content (AvgIpc) is 3.28. The van der Waals surface area contributed by atoms with Gasteiger partial charge in [0.1, 0.15) is 10.6 Å². The summed E-state index contributed by atoms with van der Waals surface area (Å²) in [6, 6.07) is 0. The molecule has 3 aromatic heterocycles. The fourth-order valence-corrected chi connectivity index (χ4v) is 5.42. The molecule has 4 rings (SSSR count). The lowest BCUT2D eigenvalue weighted by Crippen LogP contribution is -2.07. The summed E-state index contributed by atoms with van der Waals surface area (Å²) in [7, 11) is 0. The lowest BCUT2D eigenvalue weighted by atomic mass is 9.99. The van der Waals surface area contributed by atoms with Gasteiger partial charge in [-0.25, -0.2) is 15.0 Å². The number of anilines is 1. The standard InChI is InChI=1S/C20H27N5S2/c1-11(2)15-13-8-6-7-12(13)14-16-17(27-19(14)23-15)18(22-10-5-4-9-21)25-20(24-16)26-3/h11H,4-10,21H2,1-3H3,(H,22,24,25). The predicted octanol–water partition coefficient (Wildman–Crippen LogP) is 4.72. The normalized spacial score (nSPS) is 13.8. The SMILES string of the molecule is CSc1nc(NCCCCN)c2sc3nc(C(C)C)c4c(c3c2n1)CCC4. The Balaban J connectivity index is 1.90. The Labute approximate surface area is 168 Å². The van der Waals surface area contributed by atoms with Crippen LogP contribution in [0.5, 0.6) is 0 Å². The topological polar surface area (TPSA) is 76.7 Å². The molecule has 0 aliphatic heterocycles. The summed E-state index contributed by atoms with van der Waals surface area (Å²) in [5.74, 6) is 1.40. The molecule has 0 unspecified atom stereocenters. The molecule has 3 aromatic rings. The molecule has 0 radical (unpaired) electrons. The number of nitrogens with two attached hydrogens (primary N) is 1. The molecule has 3 heterocycles. The molecule has 0 amide bonds. The van der Waals surface area contributed by atoms with Crippen molar-refractivity contribution in [2.45, 2.75) is 57.0 Å². The Hall–Kier alpha value is -1.44. The van der Waals surface area contributed by atoms with Crippen LogP contribution in [0.15, 0.2) is 5.16 Å². The summed E-state index contributed by atoms with van der Waals surface area (Å²) in [6.45, 7) is 6.11. The second-order valence-electron chi connectivity index (χ2n) is 7.40. The third-order valence-electron chi connectivity index (χ3n) is 5.20. The summed E-state index contributed by atoms with van der Waals surface area (Å²) in [6.07, 6.45) is 7.61. The zero-order chi connectivity index (χ0) is 19.0. The Morgan fingerprint density at radius 2 is 1.96 bits per heavy atom. The number of hydrogen-bond acceptors (Lipinski definition) is 7. The van der Waals surface area contributed by atoms with E-state index in [0.29, 0.717) is 5.92 Å². The van der Waals surface area contributed by atoms with Crippen molar-refractivity contribution in [3.8, 4) is 0 Å². The molecule has 144 valence electrons. The van der Waals surface area contributed by atoms with E-state index in [9.17, 15) is 0 Å². The minimum absolute atomic E-state index is 0.452. The summed E-state index contributed by atoms with van der Waals surface area (Å²) < 4.78 is 1.14. The maximum absolute atomic E-state index is 5.62. The smallest absolute Gasteiger partial charge is 0.189 e. The Bertz CT molecular complexity index is 980. The third kappa shape index (κ3) is 3.41. The van der Waals surface area contributed by atoms with Crippen LogP contribution in [0.2, 0.25) is 0 Å². The molecule has 7 heteroatoms. The number of hydrogen-bond donors (Lipinski definition) is 2. The largest absolute Gasteiger partial charge is 0.369 e. The van der Waals surface area contributed by atoms with E-state index in [1.54, 1.807) is 23.1 Å². The summed E-state index contributed by atoms with van der Waals surface area (Å²) in [4.78, 5) is 15.9. The number of nitrogens with zero attached hydrogens (tertiary/aromatic N) is 3. The monoisotopic (exact) mass is 401 g/mol. The zero-order valence-electron chi connectivity index (χ0n) is 16.3. The van der Waals surface area contributed by atoms with Crippen LogP contribution in [0.1, 0.15) is 55.8 Å². The minimum atomic E-state index is 0.452. The highest BCUT2D eigenvalue weighted by atomic mass is 32.2. The van der Waals surface area contributed by atoms with Gasteiger partial charge in [-0.1, -0.05) is 25.6 Å². The van der Waals surface area contributed by atoms with Crippen LogP contribution in [-0.2, 0) is 12.8 Å². The zero-order valence-corrected chi connectivity index (χ0v) is 17.9. The van der Waals surface area contributed by atoms with E-state index in [0.717, 1.165) is 64.8 Å². The third-order valence-corrected chi connectivity index (χ3v) is 6.83. The van der Waals surface area contributed by atoms with Crippen molar-refractivity contribution < 1.29 is 0 Å². The number of fused-ring (bicyclic) bond motifs is 5. The summed E-state index contributed by atoms with van der Waals surface area (Å²) in [5, 5.41) is 5.62. The second kappa shape index (κ2) is 7.89. The van der Waals surface area contributed by atoms with Gasteiger partial charge in [-0.05, 0) is 61.9 Å². The van der Waals surface area contributed by atoms with Gasteiger partial charge >= 0.3 is 0 Å². The van der Waals surface area contributed by atoms with E-state index in [4.69, 9.17) is 20.7 Å². The average molecular weight is 402 g/mol. The lowest BCUT2D eigenvalue weighted by molar-refractivity contribution is 0.771. The fraction of sp³-hybridized carbons (Fsp3) is 0.550. The first kappa shape index (κ1) is 18.9. The van der Waals surface area contributed by atoms with Gasteiger partial charge in [0.2, 0.25) is 0 Å². The molecular formula is C20H27N5S2. The van der Waals surface area contributed by atoms with Gasteiger partial charge in [0.15, 0.2) is 5.16 Å². The first-order valence-corrected chi connectivity index (χ1v) is 11.8. The van der Waals surface area contributed by atoms with Crippen LogP contribution >= 0.6 is 23.1 Å². The molecule has 0 spiro atoms. The van der Waals surface area contributed by atoms with Crippen LogP contribution in [-0.4, -0.2) is 34.3 Å². The maximum Gasteiger partial charge on any atom is 0.189 e. The Morgan fingerprint density at radius 1 is 1.15 bits per heavy atom. The van der Waals surface area contributed by atoms with E-state index >= 15 is 0 Å². The molecule has 27 heavy (non-hydrogen) atoms. The van der Waals surface area contributed by atoms with Crippen molar-refractivity contribution in [1.82, 2.24) is 15.0 Å². The molecule has 0 atom stereocenters. The van der Waals surface area contributed by atoms with E-state index in [-0.39, 0.29) is 0 Å². The molecule has 0 saturated carbocycles. The maximum atomic E-state index is 5.62. The molecule has 0 aromatic carbocycles. The quantitative estimate of drug-likeness (QED) is 0.339. The highest BCUT2D eigenvalue weighted by Gasteiger charge is 2.25. The first-order chi connectivity index (χ1) is 13.1. The van der Waals surface area contributed by atoms with Crippen molar-refractivity contribution in [2.24, 2.45) is 5.73 Å². The molecule has 0 bridgehead atoms. The number of rotatable bonds is 7. The van der Waals surface area contributed by atoms with Crippen LogP contribution in [0.4, 0.5) is 5.82 Å². The van der Waals surface area contributed by atoms with E-state index in [2.05, 4.69) is 19.2 Å². The van der Waals surface area contributed by atoms with Crippen LogP contribution in [0, 0.1) is 0 Å². The highest BCUT2D eigenvalue weighted by molar-refractivity contribution is 7.98. The molecule has 1 aliphatic carbocycles. The number of thiophene rings is 1. The Kier molecular flexibility index (Phi) is 5.53. The molecule has 5 nitrogen and oxygen atoms in total. The van der Waals surface area contributed by atoms with Crippen molar-refractivity contribution in [3.05, 3.63) is 16.8 Å². The molecule has 1 aliphatic rings. The van der Waals surface area contributed by atoms with Crippen LogP contribution in [0.25, 0.3) is 20.4 Å². The van der Waals surface area contributed by atoms with Crippen molar-refractivity contribution >= 4 is 49.3 Å². The van der Waals surface area contributed by atoms with Gasteiger partial charge < -0.3 is 11.1 Å². The lowest BCUT2D eigenvalue weighted by Gasteiger charge is -2.12. The van der Waals surface area contributed by atoms with Gasteiger partial charge in [-0.3, -0.25) is 0 Å².